The fraction of sp³-hybridized carbons (Fsp3) is 0.154. The van der Waals surface area contributed by atoms with Crippen LogP contribution in [0.2, 0.25) is 0 Å². The summed E-state index contributed by atoms with van der Waals surface area (Å²) >= 11 is 0. The largest absolute Gasteiger partial charge is 0.508 e. The summed E-state index contributed by atoms with van der Waals surface area (Å²) in [7, 11) is 1.59. The molecule has 0 saturated carbocycles. The molecule has 1 aromatic heterocycles. The Balaban J connectivity index is 2.27. The molecule has 4 heteroatoms. The van der Waals surface area contributed by atoms with Gasteiger partial charge in [0.05, 0.1) is 13.2 Å². The quantitative estimate of drug-likeness (QED) is 0.878. The van der Waals surface area contributed by atoms with E-state index >= 15 is 0 Å². The lowest BCUT2D eigenvalue weighted by Gasteiger charge is -2.04. The van der Waals surface area contributed by atoms with Gasteiger partial charge in [-0.25, -0.2) is 4.79 Å². The van der Waals surface area contributed by atoms with Crippen molar-refractivity contribution < 1.29 is 14.3 Å². The average molecular weight is 232 g/mol. The highest BCUT2D eigenvalue weighted by Gasteiger charge is 2.03. The van der Waals surface area contributed by atoms with Crippen LogP contribution in [0.25, 0.3) is 0 Å². The Labute approximate surface area is 98.1 Å². The number of hydrogen-bond donors (Lipinski definition) is 1. The van der Waals surface area contributed by atoms with Crippen LogP contribution >= 0.6 is 0 Å². The summed E-state index contributed by atoms with van der Waals surface area (Å²) in [6.07, 6.45) is 0.431. The molecule has 1 N–H and O–H groups in total. The summed E-state index contributed by atoms with van der Waals surface area (Å²) in [5, 5.41) is 9.29. The Morgan fingerprint density at radius 2 is 2.12 bits per heavy atom. The third-order valence-electron chi connectivity index (χ3n) is 2.32. The fourth-order valence-corrected chi connectivity index (χ4v) is 1.59. The lowest BCUT2D eigenvalue weighted by atomic mass is 10.1. The van der Waals surface area contributed by atoms with E-state index in [-0.39, 0.29) is 5.75 Å². The topological polar surface area (TPSA) is 59.7 Å². The Bertz CT molecular complexity index is 572. The van der Waals surface area contributed by atoms with Crippen LogP contribution in [0.1, 0.15) is 11.3 Å². The van der Waals surface area contributed by atoms with Gasteiger partial charge in [0, 0.05) is 12.5 Å². The van der Waals surface area contributed by atoms with Gasteiger partial charge in [0.2, 0.25) is 0 Å². The van der Waals surface area contributed by atoms with Gasteiger partial charge in [-0.15, -0.1) is 0 Å². The molecule has 0 aliphatic rings. The Kier molecular flexibility index (Phi) is 3.14. The van der Waals surface area contributed by atoms with Gasteiger partial charge in [-0.3, -0.25) is 0 Å². The standard InChI is InChI=1S/C13H12O4/c1-16-11-4-2-3-9(5-11)6-12-7-10(14)8-13(15)17-12/h2-5,7-8,14H,6H2,1H3. The van der Waals surface area contributed by atoms with Gasteiger partial charge in [0.25, 0.3) is 0 Å². The minimum absolute atomic E-state index is 0.0841. The van der Waals surface area contributed by atoms with Crippen molar-refractivity contribution in [2.24, 2.45) is 0 Å². The molecule has 0 atom stereocenters. The molecule has 0 aliphatic heterocycles. The van der Waals surface area contributed by atoms with Crippen molar-refractivity contribution in [3.63, 3.8) is 0 Å². The Hall–Kier alpha value is -2.23. The molecule has 0 amide bonds. The first kappa shape index (κ1) is 11.3. The van der Waals surface area contributed by atoms with Crippen LogP contribution in [0.15, 0.2) is 45.6 Å². The lowest BCUT2D eigenvalue weighted by molar-refractivity contribution is 0.413. The molecule has 2 aromatic rings. The first-order chi connectivity index (χ1) is 8.17. The van der Waals surface area contributed by atoms with Crippen LogP contribution < -0.4 is 10.4 Å². The number of aromatic hydroxyl groups is 1. The normalized spacial score (nSPS) is 10.2. The molecular weight excluding hydrogens is 220 g/mol. The molecule has 0 radical (unpaired) electrons. The number of ether oxygens (including phenoxy) is 1. The molecule has 0 bridgehead atoms. The number of methoxy groups -OCH3 is 1. The highest BCUT2D eigenvalue weighted by atomic mass is 16.5. The van der Waals surface area contributed by atoms with Gasteiger partial charge in [-0.2, -0.15) is 0 Å². The zero-order valence-electron chi connectivity index (χ0n) is 9.34. The SMILES string of the molecule is COc1cccc(Cc2cc(O)cc(=O)o2)c1. The van der Waals surface area contributed by atoms with Crippen LogP contribution in [0.4, 0.5) is 0 Å². The van der Waals surface area contributed by atoms with E-state index in [9.17, 15) is 9.90 Å². The van der Waals surface area contributed by atoms with Crippen LogP contribution in [-0.2, 0) is 6.42 Å². The molecule has 0 spiro atoms. The second kappa shape index (κ2) is 4.74. The molecule has 0 saturated heterocycles. The van der Waals surface area contributed by atoms with Crippen molar-refractivity contribution in [1.82, 2.24) is 0 Å². The Morgan fingerprint density at radius 3 is 2.82 bits per heavy atom. The summed E-state index contributed by atoms with van der Waals surface area (Å²) < 4.78 is 10.1. The van der Waals surface area contributed by atoms with Gasteiger partial charge in [0.1, 0.15) is 17.3 Å². The predicted octanol–water partition coefficient (Wildman–Crippen LogP) is 1.94. The first-order valence-corrected chi connectivity index (χ1v) is 5.13. The maximum atomic E-state index is 11.1. The average Bonchev–Trinajstić information content (AvgIpc) is 2.28. The first-order valence-electron chi connectivity index (χ1n) is 5.13. The molecule has 0 fully saturated rings. The van der Waals surface area contributed by atoms with Crippen LogP contribution in [0.5, 0.6) is 11.5 Å². The molecule has 0 unspecified atom stereocenters. The maximum Gasteiger partial charge on any atom is 0.339 e. The minimum atomic E-state index is -0.553. The van der Waals surface area contributed by atoms with Gasteiger partial charge in [-0.05, 0) is 17.7 Å². The molecule has 2 rings (SSSR count). The van der Waals surface area contributed by atoms with E-state index in [0.29, 0.717) is 12.2 Å². The van der Waals surface area contributed by atoms with E-state index in [2.05, 4.69) is 0 Å². The summed E-state index contributed by atoms with van der Waals surface area (Å²) in [6.45, 7) is 0. The van der Waals surface area contributed by atoms with Crippen molar-refractivity contribution in [1.29, 1.82) is 0 Å². The van der Waals surface area contributed by atoms with Crippen LogP contribution in [-0.4, -0.2) is 12.2 Å². The van der Waals surface area contributed by atoms with Gasteiger partial charge >= 0.3 is 5.63 Å². The molecule has 88 valence electrons. The van der Waals surface area contributed by atoms with Crippen molar-refractivity contribution in [3.8, 4) is 11.5 Å². The smallest absolute Gasteiger partial charge is 0.339 e. The summed E-state index contributed by atoms with van der Waals surface area (Å²) in [4.78, 5) is 11.1. The van der Waals surface area contributed by atoms with Crippen molar-refractivity contribution in [2.75, 3.05) is 7.11 Å². The number of hydrogen-bond acceptors (Lipinski definition) is 4. The van der Waals surface area contributed by atoms with E-state index in [4.69, 9.17) is 9.15 Å². The van der Waals surface area contributed by atoms with Gasteiger partial charge < -0.3 is 14.3 Å². The van der Waals surface area contributed by atoms with E-state index in [1.807, 2.05) is 24.3 Å². The van der Waals surface area contributed by atoms with E-state index < -0.39 is 5.63 Å². The lowest BCUT2D eigenvalue weighted by Crippen LogP contribution is -1.99. The molecule has 4 nitrogen and oxygen atoms in total. The van der Waals surface area contributed by atoms with Crippen LogP contribution in [0.3, 0.4) is 0 Å². The van der Waals surface area contributed by atoms with Crippen molar-refractivity contribution >= 4 is 0 Å². The third kappa shape index (κ3) is 2.87. The number of rotatable bonds is 3. The van der Waals surface area contributed by atoms with Crippen LogP contribution in [0, 0.1) is 0 Å². The molecular formula is C13H12O4. The number of benzene rings is 1. The Morgan fingerprint density at radius 1 is 1.29 bits per heavy atom. The predicted molar refractivity (Wildman–Crippen MR) is 62.4 cm³/mol. The minimum Gasteiger partial charge on any atom is -0.508 e. The second-order valence-electron chi connectivity index (χ2n) is 3.63. The monoisotopic (exact) mass is 232 g/mol. The van der Waals surface area contributed by atoms with E-state index in [1.54, 1.807) is 7.11 Å². The molecule has 0 aliphatic carbocycles. The van der Waals surface area contributed by atoms with Crippen molar-refractivity contribution in [3.05, 3.63) is 58.1 Å². The maximum absolute atomic E-state index is 11.1. The van der Waals surface area contributed by atoms with Gasteiger partial charge in [0.15, 0.2) is 0 Å². The molecule has 1 aromatic carbocycles. The summed E-state index contributed by atoms with van der Waals surface area (Å²) in [5.74, 6) is 1.08. The van der Waals surface area contributed by atoms with Gasteiger partial charge in [-0.1, -0.05) is 12.1 Å². The highest BCUT2D eigenvalue weighted by molar-refractivity contribution is 5.31. The zero-order chi connectivity index (χ0) is 12.3. The summed E-state index contributed by atoms with van der Waals surface area (Å²) in [5.41, 5.74) is 0.390. The second-order valence-corrected chi connectivity index (χ2v) is 3.63. The third-order valence-corrected chi connectivity index (χ3v) is 2.32. The fourth-order valence-electron chi connectivity index (χ4n) is 1.59. The van der Waals surface area contributed by atoms with Crippen molar-refractivity contribution in [2.45, 2.75) is 6.42 Å². The molecule has 1 heterocycles. The zero-order valence-corrected chi connectivity index (χ0v) is 9.34. The van der Waals surface area contributed by atoms with E-state index in [0.717, 1.165) is 17.4 Å². The highest BCUT2D eigenvalue weighted by Crippen LogP contribution is 2.17. The molecule has 17 heavy (non-hydrogen) atoms. The van der Waals surface area contributed by atoms with E-state index in [1.165, 1.54) is 6.07 Å². The summed E-state index contributed by atoms with van der Waals surface area (Å²) in [6, 6.07) is 9.91.